The van der Waals surface area contributed by atoms with Crippen LogP contribution in [0.25, 0.3) is 0 Å². The van der Waals surface area contributed by atoms with Crippen molar-refractivity contribution in [1.82, 2.24) is 16.0 Å². The molecule has 0 saturated carbocycles. The van der Waals surface area contributed by atoms with Crippen LogP contribution in [0.1, 0.15) is 43.1 Å². The Balaban J connectivity index is 2.22. The molecule has 0 bridgehead atoms. The van der Waals surface area contributed by atoms with E-state index >= 15 is 0 Å². The van der Waals surface area contributed by atoms with Gasteiger partial charge in [0.1, 0.15) is 5.60 Å². The van der Waals surface area contributed by atoms with Gasteiger partial charge in [-0.1, -0.05) is 0 Å². The first-order valence-electron chi connectivity index (χ1n) is 8.57. The summed E-state index contributed by atoms with van der Waals surface area (Å²) in [5.41, 5.74) is -1.38. The Morgan fingerprint density at radius 1 is 0.929 bits per heavy atom. The van der Waals surface area contributed by atoms with Crippen molar-refractivity contribution in [2.24, 2.45) is 0 Å². The van der Waals surface area contributed by atoms with Crippen molar-refractivity contribution in [3.63, 3.8) is 0 Å². The van der Waals surface area contributed by atoms with Gasteiger partial charge in [-0.25, -0.2) is 4.79 Å². The molecule has 3 amide bonds. The molecule has 0 aliphatic rings. The van der Waals surface area contributed by atoms with Crippen LogP contribution >= 0.6 is 0 Å². The zero-order valence-corrected chi connectivity index (χ0v) is 15.9. The quantitative estimate of drug-likeness (QED) is 0.610. The smallest absolute Gasteiger partial charge is 0.416 e. The lowest BCUT2D eigenvalue weighted by atomic mass is 10.1. The lowest BCUT2D eigenvalue weighted by molar-refractivity contribution is -0.137. The Bertz CT molecular complexity index is 683. The molecule has 28 heavy (non-hydrogen) atoms. The van der Waals surface area contributed by atoms with Crippen LogP contribution in [0.4, 0.5) is 18.0 Å². The minimum Gasteiger partial charge on any atom is -0.444 e. The van der Waals surface area contributed by atoms with E-state index in [1.165, 1.54) is 0 Å². The summed E-state index contributed by atoms with van der Waals surface area (Å²) >= 11 is 0. The van der Waals surface area contributed by atoms with E-state index in [9.17, 15) is 27.6 Å². The molecule has 7 nitrogen and oxygen atoms in total. The average Bonchev–Trinajstić information content (AvgIpc) is 2.57. The van der Waals surface area contributed by atoms with Crippen LogP contribution in [0.15, 0.2) is 24.3 Å². The number of hydrogen-bond acceptors (Lipinski definition) is 4. The molecule has 0 heterocycles. The van der Waals surface area contributed by atoms with Gasteiger partial charge in [-0.3, -0.25) is 9.59 Å². The van der Waals surface area contributed by atoms with Crippen molar-refractivity contribution < 1.29 is 32.3 Å². The first kappa shape index (κ1) is 23.3. The molecule has 10 heteroatoms. The highest BCUT2D eigenvalue weighted by atomic mass is 19.4. The predicted octanol–water partition coefficient (Wildman–Crippen LogP) is 2.47. The third kappa shape index (κ3) is 9.24. The van der Waals surface area contributed by atoms with Gasteiger partial charge < -0.3 is 20.7 Å². The molecule has 0 radical (unpaired) electrons. The van der Waals surface area contributed by atoms with Gasteiger partial charge >= 0.3 is 12.3 Å². The third-order valence-corrected chi connectivity index (χ3v) is 3.23. The number of halogens is 3. The zero-order valence-electron chi connectivity index (χ0n) is 15.9. The normalized spacial score (nSPS) is 11.5. The fourth-order valence-corrected chi connectivity index (χ4v) is 1.96. The molecule has 1 rings (SSSR count). The van der Waals surface area contributed by atoms with Crippen LogP contribution in [0, 0.1) is 0 Å². The number of alkyl carbamates (subject to hydrolysis) is 1. The minimum absolute atomic E-state index is 0.110. The van der Waals surface area contributed by atoms with Crippen LogP contribution in [0.3, 0.4) is 0 Å². The van der Waals surface area contributed by atoms with E-state index in [1.807, 2.05) is 0 Å². The number of hydrogen-bond donors (Lipinski definition) is 3. The van der Waals surface area contributed by atoms with Crippen LogP contribution < -0.4 is 16.0 Å². The highest BCUT2D eigenvalue weighted by Crippen LogP contribution is 2.29. The monoisotopic (exact) mass is 403 g/mol. The largest absolute Gasteiger partial charge is 0.444 e. The van der Waals surface area contributed by atoms with Gasteiger partial charge in [0.25, 0.3) is 5.91 Å². The summed E-state index contributed by atoms with van der Waals surface area (Å²) in [4.78, 5) is 34.8. The summed E-state index contributed by atoms with van der Waals surface area (Å²) in [5, 5.41) is 7.41. The van der Waals surface area contributed by atoms with Crippen LogP contribution in [-0.4, -0.2) is 43.1 Å². The second kappa shape index (κ2) is 9.95. The Morgan fingerprint density at radius 2 is 1.50 bits per heavy atom. The summed E-state index contributed by atoms with van der Waals surface area (Å²) in [5.74, 6) is -0.924. The van der Waals surface area contributed by atoms with Crippen molar-refractivity contribution in [2.75, 3.05) is 19.6 Å². The summed E-state index contributed by atoms with van der Waals surface area (Å²) in [6.45, 7) is 5.33. The summed E-state index contributed by atoms with van der Waals surface area (Å²) in [6, 6.07) is 3.88. The van der Waals surface area contributed by atoms with E-state index in [4.69, 9.17) is 4.74 Å². The molecule has 0 fully saturated rings. The first-order chi connectivity index (χ1) is 12.9. The van der Waals surface area contributed by atoms with Crippen molar-refractivity contribution in [3.05, 3.63) is 35.4 Å². The van der Waals surface area contributed by atoms with E-state index in [0.717, 1.165) is 24.3 Å². The molecule has 0 saturated heterocycles. The second-order valence-corrected chi connectivity index (χ2v) is 6.89. The Labute approximate surface area is 161 Å². The molecule has 0 spiro atoms. The number of nitrogens with one attached hydrogen (secondary N) is 3. The number of benzene rings is 1. The number of carbonyl (C=O) groups excluding carboxylic acids is 3. The summed E-state index contributed by atoms with van der Waals surface area (Å²) in [7, 11) is 0. The number of rotatable bonds is 7. The maximum atomic E-state index is 12.5. The number of alkyl halides is 3. The Morgan fingerprint density at radius 3 is 2.04 bits per heavy atom. The van der Waals surface area contributed by atoms with E-state index in [2.05, 4.69) is 16.0 Å². The lowest BCUT2D eigenvalue weighted by Gasteiger charge is -2.19. The van der Waals surface area contributed by atoms with E-state index in [0.29, 0.717) is 6.42 Å². The molecule has 1 aromatic carbocycles. The highest BCUT2D eigenvalue weighted by Gasteiger charge is 2.30. The van der Waals surface area contributed by atoms with Crippen molar-refractivity contribution in [2.45, 2.75) is 39.0 Å². The van der Waals surface area contributed by atoms with Gasteiger partial charge in [0.15, 0.2) is 0 Å². The SMILES string of the molecule is CC(C)(C)OC(=O)NCC(=O)NCCCNC(=O)c1ccc(C(F)(F)F)cc1. The molecule has 156 valence electrons. The van der Waals surface area contributed by atoms with Gasteiger partial charge in [-0.2, -0.15) is 13.2 Å². The average molecular weight is 403 g/mol. The predicted molar refractivity (Wildman–Crippen MR) is 95.6 cm³/mol. The second-order valence-electron chi connectivity index (χ2n) is 6.89. The van der Waals surface area contributed by atoms with Crippen molar-refractivity contribution in [1.29, 1.82) is 0 Å². The summed E-state index contributed by atoms with van der Waals surface area (Å²) in [6.07, 6.45) is -4.75. The fourth-order valence-electron chi connectivity index (χ4n) is 1.96. The molecule has 0 aromatic heterocycles. The van der Waals surface area contributed by atoms with Gasteiger partial charge in [0.2, 0.25) is 5.91 Å². The van der Waals surface area contributed by atoms with Gasteiger partial charge in [0.05, 0.1) is 12.1 Å². The van der Waals surface area contributed by atoms with Crippen LogP contribution in [0.5, 0.6) is 0 Å². The number of carbonyl (C=O) groups is 3. The Hall–Kier alpha value is -2.78. The van der Waals surface area contributed by atoms with Gasteiger partial charge in [-0.15, -0.1) is 0 Å². The molecule has 1 aromatic rings. The maximum absolute atomic E-state index is 12.5. The number of amides is 3. The van der Waals surface area contributed by atoms with Gasteiger partial charge in [-0.05, 0) is 51.5 Å². The van der Waals surface area contributed by atoms with E-state index in [1.54, 1.807) is 20.8 Å². The molecule has 0 aliphatic heterocycles. The topological polar surface area (TPSA) is 96.5 Å². The summed E-state index contributed by atoms with van der Waals surface area (Å²) < 4.78 is 42.4. The third-order valence-electron chi connectivity index (χ3n) is 3.23. The van der Waals surface area contributed by atoms with Crippen LogP contribution in [0.2, 0.25) is 0 Å². The van der Waals surface area contributed by atoms with Crippen LogP contribution in [-0.2, 0) is 15.7 Å². The number of ether oxygens (including phenoxy) is 1. The lowest BCUT2D eigenvalue weighted by Crippen LogP contribution is -2.40. The molecule has 0 unspecified atom stereocenters. The maximum Gasteiger partial charge on any atom is 0.416 e. The fraction of sp³-hybridized carbons (Fsp3) is 0.500. The van der Waals surface area contributed by atoms with E-state index in [-0.39, 0.29) is 25.2 Å². The standard InChI is InChI=1S/C18H24F3N3O4/c1-17(2,3)28-16(27)24-11-14(25)22-9-4-10-23-15(26)12-5-7-13(8-6-12)18(19,20)21/h5-8H,4,9-11H2,1-3H3,(H,22,25)(H,23,26)(H,24,27). The van der Waals surface area contributed by atoms with Gasteiger partial charge in [0, 0.05) is 18.7 Å². The minimum atomic E-state index is -4.45. The molecule has 0 atom stereocenters. The Kier molecular flexibility index (Phi) is 8.27. The highest BCUT2D eigenvalue weighted by molar-refractivity contribution is 5.94. The molecule has 0 aliphatic carbocycles. The zero-order chi connectivity index (χ0) is 21.4. The first-order valence-corrected chi connectivity index (χ1v) is 8.57. The molecular formula is C18H24F3N3O4. The molecular weight excluding hydrogens is 379 g/mol. The van der Waals surface area contributed by atoms with Crippen molar-refractivity contribution >= 4 is 17.9 Å². The molecule has 3 N–H and O–H groups in total. The van der Waals surface area contributed by atoms with E-state index < -0.39 is 35.2 Å². The van der Waals surface area contributed by atoms with Crippen molar-refractivity contribution in [3.8, 4) is 0 Å².